The fourth-order valence-electron chi connectivity index (χ4n) is 4.29. The van der Waals surface area contributed by atoms with Crippen molar-refractivity contribution in [2.24, 2.45) is 5.92 Å². The molecule has 0 N–H and O–H groups in total. The van der Waals surface area contributed by atoms with Crippen LogP contribution >= 0.6 is 23.2 Å². The number of sulfone groups is 1. The molecule has 3 rings (SSSR count). The van der Waals surface area contributed by atoms with E-state index in [0.717, 1.165) is 25.7 Å². The first-order chi connectivity index (χ1) is 12.3. The van der Waals surface area contributed by atoms with Gasteiger partial charge in [0, 0.05) is 17.6 Å². The summed E-state index contributed by atoms with van der Waals surface area (Å²) in [5.74, 6) is 0.0481. The first-order valence-electron chi connectivity index (χ1n) is 8.85. The molecule has 1 aliphatic heterocycles. The summed E-state index contributed by atoms with van der Waals surface area (Å²) in [4.78, 5) is 14.3. The van der Waals surface area contributed by atoms with Crippen LogP contribution in [0.3, 0.4) is 0 Å². The molecule has 5 nitrogen and oxygen atoms in total. The second-order valence-electron chi connectivity index (χ2n) is 7.02. The quantitative estimate of drug-likeness (QED) is 0.682. The Labute approximate surface area is 164 Å². The number of methoxy groups -OCH3 is 1. The van der Waals surface area contributed by atoms with E-state index in [-0.39, 0.29) is 40.3 Å². The van der Waals surface area contributed by atoms with E-state index < -0.39 is 9.84 Å². The van der Waals surface area contributed by atoms with Crippen LogP contribution in [0.2, 0.25) is 10.0 Å². The summed E-state index contributed by atoms with van der Waals surface area (Å²) < 4.78 is 30.5. The number of esters is 1. The van der Waals surface area contributed by atoms with Crippen molar-refractivity contribution in [3.05, 3.63) is 28.2 Å². The Bertz CT molecular complexity index is 783. The second kappa shape index (κ2) is 8.05. The van der Waals surface area contributed by atoms with Crippen LogP contribution in [-0.2, 0) is 19.4 Å². The highest BCUT2D eigenvalue weighted by Crippen LogP contribution is 2.40. The Morgan fingerprint density at radius 2 is 2.00 bits per heavy atom. The number of nitrogens with zero attached hydrogens (tertiary/aromatic N) is 1. The lowest BCUT2D eigenvalue weighted by Gasteiger charge is -2.33. The van der Waals surface area contributed by atoms with Gasteiger partial charge in [-0.15, -0.1) is 0 Å². The highest BCUT2D eigenvalue weighted by Gasteiger charge is 2.45. The smallest absolute Gasteiger partial charge is 0.323 e. The maximum absolute atomic E-state index is 12.8. The van der Waals surface area contributed by atoms with E-state index in [4.69, 9.17) is 27.9 Å². The van der Waals surface area contributed by atoms with Gasteiger partial charge in [-0.05, 0) is 43.4 Å². The van der Waals surface area contributed by atoms with Crippen molar-refractivity contribution < 1.29 is 17.9 Å². The Morgan fingerprint density at radius 3 is 2.73 bits per heavy atom. The zero-order chi connectivity index (χ0) is 18.9. The molecule has 3 atom stereocenters. The predicted molar refractivity (Wildman–Crippen MR) is 101 cm³/mol. The van der Waals surface area contributed by atoms with Crippen LogP contribution in [-0.4, -0.2) is 50.8 Å². The third-order valence-electron chi connectivity index (χ3n) is 5.54. The molecular weight excluding hydrogens is 397 g/mol. The lowest BCUT2D eigenvalue weighted by Crippen LogP contribution is -2.45. The molecule has 8 heteroatoms. The normalized spacial score (nSPS) is 26.5. The average molecular weight is 420 g/mol. The molecule has 1 saturated carbocycles. The van der Waals surface area contributed by atoms with E-state index in [2.05, 4.69) is 0 Å². The molecule has 0 aromatic heterocycles. The Balaban J connectivity index is 1.79. The summed E-state index contributed by atoms with van der Waals surface area (Å²) in [5, 5.41) is 0.491. The van der Waals surface area contributed by atoms with E-state index in [9.17, 15) is 13.2 Å². The molecule has 1 aromatic carbocycles. The first kappa shape index (κ1) is 19.9. The SMILES string of the molecule is COC(=O)C1CC2CCCCC2N1CCS(=O)(=O)c1cc(Cl)ccc1Cl. The van der Waals surface area contributed by atoms with Crippen LogP contribution < -0.4 is 0 Å². The highest BCUT2D eigenvalue weighted by molar-refractivity contribution is 7.91. The number of likely N-dealkylation sites (tertiary alicyclic amines) is 1. The van der Waals surface area contributed by atoms with Crippen molar-refractivity contribution in [2.75, 3.05) is 19.4 Å². The maximum atomic E-state index is 12.8. The summed E-state index contributed by atoms with van der Waals surface area (Å²) in [6, 6.07) is 4.31. The van der Waals surface area contributed by atoms with Crippen LogP contribution in [0.25, 0.3) is 0 Å². The van der Waals surface area contributed by atoms with Crippen molar-refractivity contribution in [1.82, 2.24) is 4.90 Å². The van der Waals surface area contributed by atoms with Gasteiger partial charge in [0.05, 0.1) is 22.8 Å². The third kappa shape index (κ3) is 4.03. The van der Waals surface area contributed by atoms with Gasteiger partial charge in [-0.1, -0.05) is 36.0 Å². The lowest BCUT2D eigenvalue weighted by molar-refractivity contribution is -0.146. The fraction of sp³-hybridized carbons (Fsp3) is 0.611. The predicted octanol–water partition coefficient (Wildman–Crippen LogP) is 3.57. The first-order valence-corrected chi connectivity index (χ1v) is 11.3. The molecule has 2 fully saturated rings. The van der Waals surface area contributed by atoms with Crippen molar-refractivity contribution in [3.63, 3.8) is 0 Å². The molecule has 3 unspecified atom stereocenters. The number of hydrogen-bond acceptors (Lipinski definition) is 5. The van der Waals surface area contributed by atoms with E-state index >= 15 is 0 Å². The van der Waals surface area contributed by atoms with Gasteiger partial charge in [0.2, 0.25) is 0 Å². The Kier molecular flexibility index (Phi) is 6.17. The van der Waals surface area contributed by atoms with Gasteiger partial charge in [0.15, 0.2) is 9.84 Å². The Morgan fingerprint density at radius 1 is 1.27 bits per heavy atom. The molecule has 26 heavy (non-hydrogen) atoms. The standard InChI is InChI=1S/C18H23Cl2NO4S/c1-25-18(22)16-10-12-4-2-3-5-15(12)21(16)8-9-26(23,24)17-11-13(19)6-7-14(17)20/h6-7,11-12,15-16H,2-5,8-10H2,1H3. The largest absolute Gasteiger partial charge is 0.468 e. The molecule has 1 aliphatic carbocycles. The molecule has 1 saturated heterocycles. The average Bonchev–Trinajstić information content (AvgIpc) is 3.00. The molecule has 1 heterocycles. The van der Waals surface area contributed by atoms with Crippen molar-refractivity contribution in [1.29, 1.82) is 0 Å². The van der Waals surface area contributed by atoms with Gasteiger partial charge in [-0.2, -0.15) is 0 Å². The second-order valence-corrected chi connectivity index (χ2v) is 9.94. The number of carbonyl (C=O) groups excluding carboxylic acids is 1. The number of rotatable bonds is 5. The van der Waals surface area contributed by atoms with Gasteiger partial charge in [0.1, 0.15) is 6.04 Å². The molecule has 0 bridgehead atoms. The van der Waals surface area contributed by atoms with Gasteiger partial charge in [-0.3, -0.25) is 9.69 Å². The van der Waals surface area contributed by atoms with Gasteiger partial charge >= 0.3 is 5.97 Å². The molecule has 144 valence electrons. The summed E-state index contributed by atoms with van der Waals surface area (Å²) in [6.45, 7) is 0.284. The van der Waals surface area contributed by atoms with Crippen LogP contribution in [0.5, 0.6) is 0 Å². The van der Waals surface area contributed by atoms with Crippen LogP contribution in [0.4, 0.5) is 0 Å². The van der Waals surface area contributed by atoms with Crippen LogP contribution in [0, 0.1) is 5.92 Å². The lowest BCUT2D eigenvalue weighted by atomic mass is 9.85. The summed E-state index contributed by atoms with van der Waals surface area (Å²) >= 11 is 12.0. The molecule has 0 radical (unpaired) electrons. The number of ether oxygens (including phenoxy) is 1. The molecular formula is C18H23Cl2NO4S. The topological polar surface area (TPSA) is 63.7 Å². The van der Waals surface area contributed by atoms with Gasteiger partial charge in [-0.25, -0.2) is 8.42 Å². The van der Waals surface area contributed by atoms with Crippen LogP contribution in [0.15, 0.2) is 23.1 Å². The molecule has 0 spiro atoms. The molecule has 2 aliphatic rings. The number of halogens is 2. The van der Waals surface area contributed by atoms with Gasteiger partial charge in [0.25, 0.3) is 0 Å². The minimum Gasteiger partial charge on any atom is -0.468 e. The number of fused-ring (bicyclic) bond motifs is 1. The number of hydrogen-bond donors (Lipinski definition) is 0. The van der Waals surface area contributed by atoms with E-state index in [1.165, 1.54) is 25.7 Å². The number of carbonyl (C=O) groups is 1. The summed E-state index contributed by atoms with van der Waals surface area (Å²) in [6.07, 6.45) is 5.10. The van der Waals surface area contributed by atoms with E-state index in [0.29, 0.717) is 10.9 Å². The molecule has 1 aromatic rings. The minimum atomic E-state index is -3.60. The number of benzene rings is 1. The minimum absolute atomic E-state index is 0.0423. The third-order valence-corrected chi connectivity index (χ3v) is 7.95. The van der Waals surface area contributed by atoms with Crippen molar-refractivity contribution >= 4 is 39.0 Å². The van der Waals surface area contributed by atoms with E-state index in [1.807, 2.05) is 4.90 Å². The van der Waals surface area contributed by atoms with Crippen molar-refractivity contribution in [2.45, 2.75) is 49.1 Å². The van der Waals surface area contributed by atoms with Crippen molar-refractivity contribution in [3.8, 4) is 0 Å². The summed E-state index contributed by atoms with van der Waals surface area (Å²) in [7, 11) is -2.22. The molecule has 0 amide bonds. The zero-order valence-electron chi connectivity index (χ0n) is 14.7. The highest BCUT2D eigenvalue weighted by atomic mass is 35.5. The van der Waals surface area contributed by atoms with Gasteiger partial charge < -0.3 is 4.74 Å². The summed E-state index contributed by atoms with van der Waals surface area (Å²) in [5.41, 5.74) is 0. The Hall–Kier alpha value is -0.820. The fourth-order valence-corrected chi connectivity index (χ4v) is 6.34. The van der Waals surface area contributed by atoms with Crippen LogP contribution in [0.1, 0.15) is 32.1 Å². The van der Waals surface area contributed by atoms with E-state index in [1.54, 1.807) is 6.07 Å². The monoisotopic (exact) mass is 419 g/mol. The zero-order valence-corrected chi connectivity index (χ0v) is 17.0. The maximum Gasteiger partial charge on any atom is 0.323 e.